The predicted molar refractivity (Wildman–Crippen MR) is 67.6 cm³/mol. The van der Waals surface area contributed by atoms with Crippen molar-refractivity contribution in [3.63, 3.8) is 0 Å². The molecule has 0 amide bonds. The largest absolute Gasteiger partial charge is 0.444 e. The molecule has 0 spiro atoms. The van der Waals surface area contributed by atoms with E-state index in [4.69, 9.17) is 4.42 Å². The molecule has 1 aromatic carbocycles. The second-order valence-electron chi connectivity index (χ2n) is 4.44. The summed E-state index contributed by atoms with van der Waals surface area (Å²) < 4.78 is 19.1. The Balaban J connectivity index is 2.08. The highest BCUT2D eigenvalue weighted by Gasteiger charge is 2.16. The molecule has 1 aromatic heterocycles. The number of nitrogens with one attached hydrogen (secondary N) is 1. The van der Waals surface area contributed by atoms with E-state index >= 15 is 0 Å². The van der Waals surface area contributed by atoms with Gasteiger partial charge in [-0.25, -0.2) is 9.37 Å². The van der Waals surface area contributed by atoms with E-state index in [9.17, 15) is 4.39 Å². The molecule has 0 fully saturated rings. The van der Waals surface area contributed by atoms with E-state index in [1.807, 2.05) is 26.8 Å². The highest BCUT2D eigenvalue weighted by molar-refractivity contribution is 5.20. The molecule has 3 nitrogen and oxygen atoms in total. The first kappa shape index (κ1) is 12.8. The molecule has 2 aromatic rings. The van der Waals surface area contributed by atoms with Crippen LogP contribution in [-0.4, -0.2) is 4.98 Å². The Morgan fingerprint density at radius 3 is 2.56 bits per heavy atom. The van der Waals surface area contributed by atoms with Gasteiger partial charge in [0.05, 0.1) is 12.2 Å². The molecule has 4 heteroatoms. The van der Waals surface area contributed by atoms with Crippen LogP contribution in [-0.2, 0) is 0 Å². The summed E-state index contributed by atoms with van der Waals surface area (Å²) in [6.07, 6.45) is 1.68. The maximum Gasteiger partial charge on any atom is 0.211 e. The van der Waals surface area contributed by atoms with Gasteiger partial charge in [-0.1, -0.05) is 18.2 Å². The first-order chi connectivity index (χ1) is 8.58. The van der Waals surface area contributed by atoms with Gasteiger partial charge in [0.1, 0.15) is 11.6 Å². The summed E-state index contributed by atoms with van der Waals surface area (Å²) in [4.78, 5) is 4.16. The zero-order valence-electron chi connectivity index (χ0n) is 10.8. The van der Waals surface area contributed by atoms with Crippen LogP contribution in [0.1, 0.15) is 43.1 Å². The monoisotopic (exact) mass is 248 g/mol. The van der Waals surface area contributed by atoms with Crippen molar-refractivity contribution in [2.24, 2.45) is 0 Å². The Morgan fingerprint density at radius 1 is 1.22 bits per heavy atom. The average molecular weight is 248 g/mol. The lowest BCUT2D eigenvalue weighted by atomic mass is 10.1. The Bertz CT molecular complexity index is 524. The normalized spacial score (nSPS) is 14.4. The Hall–Kier alpha value is -1.68. The van der Waals surface area contributed by atoms with E-state index in [0.29, 0.717) is 11.5 Å². The minimum atomic E-state index is -0.201. The number of aryl methyl sites for hydroxylation is 1. The third-order valence-electron chi connectivity index (χ3n) is 2.88. The summed E-state index contributed by atoms with van der Waals surface area (Å²) in [5, 5.41) is 3.27. The molecule has 1 heterocycles. The summed E-state index contributed by atoms with van der Waals surface area (Å²) in [5.41, 5.74) is 0.646. The fourth-order valence-electron chi connectivity index (χ4n) is 1.93. The Kier molecular flexibility index (Phi) is 3.77. The Labute approximate surface area is 106 Å². The van der Waals surface area contributed by atoms with Crippen molar-refractivity contribution in [2.45, 2.75) is 32.9 Å². The van der Waals surface area contributed by atoms with Crippen LogP contribution in [0.15, 0.2) is 34.9 Å². The van der Waals surface area contributed by atoms with E-state index < -0.39 is 0 Å². The molecule has 0 aliphatic rings. The molecule has 96 valence electrons. The standard InChI is InChI=1S/C14H17FN2O/c1-9-8-16-14(18-9)11(3)17-10(2)12-6-4-5-7-13(12)15/h4-8,10-11,17H,1-3H3. The van der Waals surface area contributed by atoms with Crippen molar-refractivity contribution in [3.05, 3.63) is 53.5 Å². The van der Waals surface area contributed by atoms with Gasteiger partial charge in [-0.05, 0) is 26.8 Å². The zero-order chi connectivity index (χ0) is 13.1. The lowest BCUT2D eigenvalue weighted by Gasteiger charge is -2.18. The summed E-state index contributed by atoms with van der Waals surface area (Å²) >= 11 is 0. The maximum atomic E-state index is 13.6. The molecule has 18 heavy (non-hydrogen) atoms. The van der Waals surface area contributed by atoms with Crippen molar-refractivity contribution in [2.75, 3.05) is 0 Å². The van der Waals surface area contributed by atoms with Gasteiger partial charge < -0.3 is 4.42 Å². The third-order valence-corrected chi connectivity index (χ3v) is 2.88. The summed E-state index contributed by atoms with van der Waals surface area (Å²) in [7, 11) is 0. The summed E-state index contributed by atoms with van der Waals surface area (Å²) in [6.45, 7) is 5.72. The van der Waals surface area contributed by atoms with Crippen LogP contribution in [0.2, 0.25) is 0 Å². The maximum absolute atomic E-state index is 13.6. The van der Waals surface area contributed by atoms with Gasteiger partial charge in [-0.15, -0.1) is 0 Å². The van der Waals surface area contributed by atoms with Crippen LogP contribution in [0.25, 0.3) is 0 Å². The van der Waals surface area contributed by atoms with Crippen LogP contribution < -0.4 is 5.32 Å². The molecule has 1 N–H and O–H groups in total. The fourth-order valence-corrected chi connectivity index (χ4v) is 1.93. The van der Waals surface area contributed by atoms with Crippen LogP contribution in [0.4, 0.5) is 4.39 Å². The minimum Gasteiger partial charge on any atom is -0.444 e. The highest BCUT2D eigenvalue weighted by Crippen LogP contribution is 2.21. The summed E-state index contributed by atoms with van der Waals surface area (Å²) in [6, 6.07) is 6.60. The molecular formula is C14H17FN2O. The molecule has 0 saturated heterocycles. The third kappa shape index (κ3) is 2.76. The molecule has 2 unspecified atom stereocenters. The number of oxazole rings is 1. The number of hydrogen-bond donors (Lipinski definition) is 1. The number of benzene rings is 1. The lowest BCUT2D eigenvalue weighted by Crippen LogP contribution is -2.23. The number of nitrogens with zero attached hydrogens (tertiary/aromatic N) is 1. The molecular weight excluding hydrogens is 231 g/mol. The molecule has 0 aliphatic heterocycles. The van der Waals surface area contributed by atoms with Crippen LogP contribution in [0.5, 0.6) is 0 Å². The first-order valence-corrected chi connectivity index (χ1v) is 6.00. The first-order valence-electron chi connectivity index (χ1n) is 6.00. The van der Waals surface area contributed by atoms with Gasteiger partial charge in [-0.2, -0.15) is 0 Å². The van der Waals surface area contributed by atoms with Crippen molar-refractivity contribution >= 4 is 0 Å². The van der Waals surface area contributed by atoms with E-state index in [0.717, 1.165) is 5.76 Å². The number of hydrogen-bond acceptors (Lipinski definition) is 3. The van der Waals surface area contributed by atoms with Crippen LogP contribution in [0.3, 0.4) is 0 Å². The van der Waals surface area contributed by atoms with E-state index in [1.54, 1.807) is 18.3 Å². The SMILES string of the molecule is Cc1cnc(C(C)NC(C)c2ccccc2F)o1. The minimum absolute atomic E-state index is 0.0618. The highest BCUT2D eigenvalue weighted by atomic mass is 19.1. The quantitative estimate of drug-likeness (QED) is 0.899. The average Bonchev–Trinajstić information content (AvgIpc) is 2.76. The zero-order valence-corrected chi connectivity index (χ0v) is 10.8. The molecule has 2 rings (SSSR count). The van der Waals surface area contributed by atoms with Crippen molar-refractivity contribution in [1.29, 1.82) is 0 Å². The van der Waals surface area contributed by atoms with Crippen molar-refractivity contribution < 1.29 is 8.81 Å². The molecule has 0 saturated carbocycles. The molecule has 0 radical (unpaired) electrons. The molecule has 0 aliphatic carbocycles. The smallest absolute Gasteiger partial charge is 0.211 e. The topological polar surface area (TPSA) is 38.1 Å². The van der Waals surface area contributed by atoms with Gasteiger partial charge in [0.25, 0.3) is 0 Å². The number of aromatic nitrogens is 1. The van der Waals surface area contributed by atoms with Crippen molar-refractivity contribution in [3.8, 4) is 0 Å². The van der Waals surface area contributed by atoms with E-state index in [1.165, 1.54) is 6.07 Å². The van der Waals surface area contributed by atoms with E-state index in [2.05, 4.69) is 10.3 Å². The van der Waals surface area contributed by atoms with Crippen LogP contribution >= 0.6 is 0 Å². The second kappa shape index (κ2) is 5.31. The Morgan fingerprint density at radius 2 is 1.94 bits per heavy atom. The van der Waals surface area contributed by atoms with Gasteiger partial charge in [0, 0.05) is 11.6 Å². The van der Waals surface area contributed by atoms with E-state index in [-0.39, 0.29) is 17.9 Å². The molecule has 0 bridgehead atoms. The number of halogens is 1. The van der Waals surface area contributed by atoms with Gasteiger partial charge >= 0.3 is 0 Å². The van der Waals surface area contributed by atoms with Crippen molar-refractivity contribution in [1.82, 2.24) is 10.3 Å². The van der Waals surface area contributed by atoms with Gasteiger partial charge in [-0.3, -0.25) is 5.32 Å². The second-order valence-corrected chi connectivity index (χ2v) is 4.44. The number of rotatable bonds is 4. The fraction of sp³-hybridized carbons (Fsp3) is 0.357. The predicted octanol–water partition coefficient (Wildman–Crippen LogP) is 3.53. The molecule has 2 atom stereocenters. The lowest BCUT2D eigenvalue weighted by molar-refractivity contribution is 0.376. The van der Waals surface area contributed by atoms with Gasteiger partial charge in [0.15, 0.2) is 0 Å². The van der Waals surface area contributed by atoms with Gasteiger partial charge in [0.2, 0.25) is 5.89 Å². The summed E-state index contributed by atoms with van der Waals surface area (Å²) in [5.74, 6) is 1.20. The van der Waals surface area contributed by atoms with Crippen LogP contribution in [0, 0.1) is 12.7 Å².